The van der Waals surface area contributed by atoms with E-state index in [0.29, 0.717) is 17.7 Å². The van der Waals surface area contributed by atoms with E-state index in [0.717, 1.165) is 23.2 Å². The summed E-state index contributed by atoms with van der Waals surface area (Å²) < 4.78 is 13.9. The van der Waals surface area contributed by atoms with E-state index in [2.05, 4.69) is 17.2 Å². The predicted molar refractivity (Wildman–Crippen MR) is 122 cm³/mol. The third-order valence-corrected chi connectivity index (χ3v) is 6.37. The first-order valence-corrected chi connectivity index (χ1v) is 10.8. The number of hydrogen-bond acceptors (Lipinski definition) is 3. The number of halogens is 1. The van der Waals surface area contributed by atoms with Gasteiger partial charge in [-0.15, -0.1) is 0 Å². The molecule has 4 nitrogen and oxygen atoms in total. The Morgan fingerprint density at radius 3 is 2.62 bits per heavy atom. The van der Waals surface area contributed by atoms with Gasteiger partial charge in [-0.05, 0) is 54.4 Å². The van der Waals surface area contributed by atoms with Gasteiger partial charge in [-0.3, -0.25) is 4.79 Å². The zero-order valence-electron chi connectivity index (χ0n) is 17.5. The Morgan fingerprint density at radius 1 is 1.06 bits per heavy atom. The molecule has 0 saturated carbocycles. The van der Waals surface area contributed by atoms with Crippen molar-refractivity contribution >= 4 is 11.6 Å². The summed E-state index contributed by atoms with van der Waals surface area (Å²) in [6.45, 7) is 0.634. The van der Waals surface area contributed by atoms with Crippen molar-refractivity contribution in [1.29, 1.82) is 0 Å². The molecule has 0 spiro atoms. The molecule has 2 N–H and O–H groups in total. The van der Waals surface area contributed by atoms with E-state index >= 15 is 0 Å². The quantitative estimate of drug-likeness (QED) is 0.604. The highest BCUT2D eigenvalue weighted by molar-refractivity contribution is 5.95. The van der Waals surface area contributed by atoms with Crippen molar-refractivity contribution in [2.75, 3.05) is 18.5 Å². The summed E-state index contributed by atoms with van der Waals surface area (Å²) in [5.41, 5.74) is 3.65. The van der Waals surface area contributed by atoms with Gasteiger partial charge in [0, 0.05) is 29.3 Å². The Labute approximate surface area is 186 Å². The molecule has 1 fully saturated rings. The van der Waals surface area contributed by atoms with Gasteiger partial charge < -0.3 is 15.3 Å². The van der Waals surface area contributed by atoms with E-state index in [1.807, 2.05) is 53.4 Å². The van der Waals surface area contributed by atoms with Crippen molar-refractivity contribution in [1.82, 2.24) is 4.90 Å². The second-order valence-electron chi connectivity index (χ2n) is 8.23. The van der Waals surface area contributed by atoms with Gasteiger partial charge in [0.1, 0.15) is 5.82 Å². The summed E-state index contributed by atoms with van der Waals surface area (Å²) in [4.78, 5) is 15.2. The Kier molecular flexibility index (Phi) is 5.38. The Balaban J connectivity index is 1.53. The average Bonchev–Trinajstić information content (AvgIpc) is 3.29. The lowest BCUT2D eigenvalue weighted by Crippen LogP contribution is -2.42. The fourth-order valence-corrected chi connectivity index (χ4v) is 4.82. The first kappa shape index (κ1) is 20.3. The number of carbonyl (C=O) groups excluding carboxylic acids is 1. The van der Waals surface area contributed by atoms with Crippen LogP contribution in [0.3, 0.4) is 0 Å². The fourth-order valence-electron chi connectivity index (χ4n) is 4.82. The third-order valence-electron chi connectivity index (χ3n) is 6.37. The second kappa shape index (κ2) is 8.49. The maximum Gasteiger partial charge on any atom is 0.254 e. The molecule has 3 aromatic rings. The van der Waals surface area contributed by atoms with Gasteiger partial charge in [0.2, 0.25) is 0 Å². The van der Waals surface area contributed by atoms with Crippen molar-refractivity contribution < 1.29 is 14.3 Å². The molecule has 5 rings (SSSR count). The highest BCUT2D eigenvalue weighted by Gasteiger charge is 2.45. The van der Waals surface area contributed by atoms with Gasteiger partial charge in [0.05, 0.1) is 24.3 Å². The SMILES string of the molecule is O=C(c1ccccc1)N1CC[C@@H]2[C@H](CO)Nc3ccc(C#Cc4ccccc4F)cc3[C@@H]21. The molecule has 3 aromatic carbocycles. The van der Waals surface area contributed by atoms with E-state index in [1.165, 1.54) is 6.07 Å². The lowest BCUT2D eigenvalue weighted by molar-refractivity contribution is 0.0701. The first-order chi connectivity index (χ1) is 15.7. The van der Waals surface area contributed by atoms with Crippen LogP contribution in [0.4, 0.5) is 10.1 Å². The Bertz CT molecular complexity index is 1220. The number of anilines is 1. The van der Waals surface area contributed by atoms with Crippen LogP contribution in [0.5, 0.6) is 0 Å². The van der Waals surface area contributed by atoms with Gasteiger partial charge in [-0.2, -0.15) is 0 Å². The summed E-state index contributed by atoms with van der Waals surface area (Å²) in [6, 6.07) is 21.3. The van der Waals surface area contributed by atoms with Crippen molar-refractivity contribution in [3.8, 4) is 11.8 Å². The molecule has 160 valence electrons. The van der Waals surface area contributed by atoms with E-state index in [1.54, 1.807) is 18.2 Å². The van der Waals surface area contributed by atoms with Crippen LogP contribution in [0.25, 0.3) is 0 Å². The first-order valence-electron chi connectivity index (χ1n) is 10.8. The highest BCUT2D eigenvalue weighted by Crippen LogP contribution is 2.47. The molecule has 1 amide bonds. The Hall–Kier alpha value is -3.62. The molecular formula is C27H23FN2O2. The lowest BCUT2D eigenvalue weighted by Gasteiger charge is -2.39. The van der Waals surface area contributed by atoms with Gasteiger partial charge in [-0.1, -0.05) is 42.2 Å². The van der Waals surface area contributed by atoms with Gasteiger partial charge >= 0.3 is 0 Å². The summed E-state index contributed by atoms with van der Waals surface area (Å²) >= 11 is 0. The Morgan fingerprint density at radius 2 is 1.84 bits per heavy atom. The number of fused-ring (bicyclic) bond motifs is 3. The lowest BCUT2D eigenvalue weighted by atomic mass is 9.82. The molecule has 32 heavy (non-hydrogen) atoms. The molecule has 0 radical (unpaired) electrons. The van der Waals surface area contributed by atoms with Crippen LogP contribution in [0.15, 0.2) is 72.8 Å². The maximum atomic E-state index is 13.9. The number of likely N-dealkylation sites (tertiary alicyclic amines) is 1. The van der Waals surface area contributed by atoms with Gasteiger partial charge in [-0.25, -0.2) is 4.39 Å². The van der Waals surface area contributed by atoms with E-state index in [9.17, 15) is 14.3 Å². The molecule has 1 saturated heterocycles. The zero-order valence-corrected chi connectivity index (χ0v) is 17.5. The van der Waals surface area contributed by atoms with Gasteiger partial charge in [0.15, 0.2) is 0 Å². The van der Waals surface area contributed by atoms with E-state index in [4.69, 9.17) is 0 Å². The molecule has 0 bridgehead atoms. The number of carbonyl (C=O) groups is 1. The minimum Gasteiger partial charge on any atom is -0.394 e. The maximum absolute atomic E-state index is 13.9. The molecule has 3 atom stereocenters. The van der Waals surface area contributed by atoms with Crippen LogP contribution >= 0.6 is 0 Å². The molecule has 2 heterocycles. The standard InChI is InChI=1S/C27H23FN2O2/c28-23-9-5-4-6-19(23)12-10-18-11-13-24-22(16-18)26-21(25(17-31)29-24)14-15-30(26)27(32)20-7-2-1-3-8-20/h1-9,11,13,16,21,25-26,29,31H,14-15,17H2/t21-,25+,26-/m1/s1. The van der Waals surface area contributed by atoms with Crippen molar-refractivity contribution in [2.24, 2.45) is 5.92 Å². The molecule has 0 aromatic heterocycles. The zero-order chi connectivity index (χ0) is 22.1. The minimum absolute atomic E-state index is 0.00279. The molecule has 0 unspecified atom stereocenters. The van der Waals surface area contributed by atoms with Crippen LogP contribution < -0.4 is 5.32 Å². The number of aliphatic hydroxyl groups is 1. The summed E-state index contributed by atoms with van der Waals surface area (Å²) in [5, 5.41) is 13.4. The minimum atomic E-state index is -0.346. The van der Waals surface area contributed by atoms with Crippen molar-refractivity contribution in [3.05, 3.63) is 101 Å². The highest BCUT2D eigenvalue weighted by atomic mass is 19.1. The van der Waals surface area contributed by atoms with Crippen molar-refractivity contribution in [3.63, 3.8) is 0 Å². The van der Waals surface area contributed by atoms with Crippen LogP contribution in [0.2, 0.25) is 0 Å². The number of aliphatic hydroxyl groups excluding tert-OH is 1. The summed E-state index contributed by atoms with van der Waals surface area (Å²) in [6.07, 6.45) is 0.812. The van der Waals surface area contributed by atoms with E-state index in [-0.39, 0.29) is 36.3 Å². The number of amides is 1. The second-order valence-corrected chi connectivity index (χ2v) is 8.23. The number of hydrogen-bond donors (Lipinski definition) is 2. The smallest absolute Gasteiger partial charge is 0.254 e. The van der Waals surface area contributed by atoms with Crippen molar-refractivity contribution in [2.45, 2.75) is 18.5 Å². The number of nitrogens with one attached hydrogen (secondary N) is 1. The number of rotatable bonds is 2. The molecule has 5 heteroatoms. The molecule has 2 aliphatic rings. The predicted octanol–water partition coefficient (Wildman–Crippen LogP) is 4.22. The monoisotopic (exact) mass is 426 g/mol. The van der Waals surface area contributed by atoms with Crippen LogP contribution in [-0.2, 0) is 0 Å². The van der Waals surface area contributed by atoms with Crippen LogP contribution in [-0.4, -0.2) is 35.1 Å². The van der Waals surface area contributed by atoms with Crippen LogP contribution in [0.1, 0.15) is 39.5 Å². The molecule has 2 aliphatic heterocycles. The van der Waals surface area contributed by atoms with Gasteiger partial charge in [0.25, 0.3) is 5.91 Å². The summed E-state index contributed by atoms with van der Waals surface area (Å²) in [7, 11) is 0. The van der Waals surface area contributed by atoms with E-state index < -0.39 is 0 Å². The van der Waals surface area contributed by atoms with Crippen LogP contribution in [0, 0.1) is 23.6 Å². The fraction of sp³-hybridized carbons (Fsp3) is 0.222. The number of benzene rings is 3. The third kappa shape index (κ3) is 3.63. The largest absolute Gasteiger partial charge is 0.394 e. The number of nitrogens with zero attached hydrogens (tertiary/aromatic N) is 1. The molecular weight excluding hydrogens is 403 g/mol. The topological polar surface area (TPSA) is 52.6 Å². The summed E-state index contributed by atoms with van der Waals surface area (Å²) in [5.74, 6) is 5.72. The average molecular weight is 426 g/mol. The normalized spacial score (nSPS) is 21.1. The molecule has 0 aliphatic carbocycles.